The molecule has 1 aromatic rings. The van der Waals surface area contributed by atoms with Crippen LogP contribution in [0.3, 0.4) is 0 Å². The number of aromatic nitrogens is 1. The predicted molar refractivity (Wildman–Crippen MR) is 83.7 cm³/mol. The number of rotatable bonds is 4. The maximum Gasteiger partial charge on any atom is 0.321 e. The van der Waals surface area contributed by atoms with Gasteiger partial charge >= 0.3 is 6.03 Å². The number of carbonyl (C=O) groups excluding carboxylic acids is 1. The molecule has 0 spiro atoms. The maximum absolute atomic E-state index is 12.4. The lowest BCUT2D eigenvalue weighted by molar-refractivity contribution is 0.197. The molecular formula is C16H25N3O2. The zero-order valence-corrected chi connectivity index (χ0v) is 13.0. The average molecular weight is 291 g/mol. The molecule has 1 heterocycles. The first kappa shape index (κ1) is 15.6. The van der Waals surface area contributed by atoms with E-state index >= 15 is 0 Å². The van der Waals surface area contributed by atoms with Crippen molar-refractivity contribution in [3.63, 3.8) is 0 Å². The van der Waals surface area contributed by atoms with Gasteiger partial charge in [-0.15, -0.1) is 0 Å². The molecule has 0 bridgehead atoms. The van der Waals surface area contributed by atoms with Crippen LogP contribution in [0.4, 0.5) is 10.5 Å². The summed E-state index contributed by atoms with van der Waals surface area (Å²) in [6.07, 6.45) is 8.82. The van der Waals surface area contributed by atoms with Gasteiger partial charge in [-0.05, 0) is 31.9 Å². The number of pyridine rings is 1. The fourth-order valence-corrected chi connectivity index (χ4v) is 2.75. The molecule has 1 N–H and O–H groups in total. The molecule has 0 aromatic carbocycles. The van der Waals surface area contributed by atoms with Gasteiger partial charge in [-0.3, -0.25) is 0 Å². The van der Waals surface area contributed by atoms with Crippen molar-refractivity contribution in [2.45, 2.75) is 51.5 Å². The third-order valence-corrected chi connectivity index (χ3v) is 3.99. The van der Waals surface area contributed by atoms with Crippen LogP contribution >= 0.6 is 0 Å². The summed E-state index contributed by atoms with van der Waals surface area (Å²) in [5.74, 6) is 0.475. The minimum absolute atomic E-state index is 0.0872. The average Bonchev–Trinajstić information content (AvgIpc) is 2.78. The largest absolute Gasteiger partial charge is 0.476 e. The summed E-state index contributed by atoms with van der Waals surface area (Å²) in [4.78, 5) is 18.4. The third-order valence-electron chi connectivity index (χ3n) is 3.99. The number of amides is 2. The standard InChI is InChI=1S/C16H25N3O2/c1-3-21-15-14(11-8-12-17-15)18-16(20)19(2)13-9-6-4-5-7-10-13/h8,11-13H,3-7,9-10H2,1-2H3,(H,18,20). The molecule has 0 radical (unpaired) electrons. The van der Waals surface area contributed by atoms with E-state index in [1.54, 1.807) is 12.3 Å². The smallest absolute Gasteiger partial charge is 0.321 e. The lowest BCUT2D eigenvalue weighted by Crippen LogP contribution is -2.39. The zero-order valence-electron chi connectivity index (χ0n) is 13.0. The minimum atomic E-state index is -0.0872. The summed E-state index contributed by atoms with van der Waals surface area (Å²) < 4.78 is 5.44. The first-order valence-corrected chi connectivity index (χ1v) is 7.84. The van der Waals surface area contributed by atoms with Crippen LogP contribution in [-0.4, -0.2) is 35.6 Å². The number of hydrogen-bond donors (Lipinski definition) is 1. The van der Waals surface area contributed by atoms with Crippen molar-refractivity contribution < 1.29 is 9.53 Å². The number of anilines is 1. The Bertz CT molecular complexity index is 457. The lowest BCUT2D eigenvalue weighted by atomic mass is 10.1. The molecule has 0 atom stereocenters. The van der Waals surface area contributed by atoms with Gasteiger partial charge in [0, 0.05) is 19.3 Å². The molecule has 1 fully saturated rings. The summed E-state index contributed by atoms with van der Waals surface area (Å²) in [6, 6.07) is 3.86. The Morgan fingerprint density at radius 2 is 2.10 bits per heavy atom. The van der Waals surface area contributed by atoms with Crippen molar-refractivity contribution in [1.82, 2.24) is 9.88 Å². The second kappa shape index (κ2) is 7.86. The topological polar surface area (TPSA) is 54.5 Å². The molecule has 1 saturated carbocycles. The summed E-state index contributed by atoms with van der Waals surface area (Å²) >= 11 is 0. The Labute approximate surface area is 126 Å². The van der Waals surface area contributed by atoms with E-state index in [1.165, 1.54) is 25.7 Å². The molecule has 1 aliphatic carbocycles. The van der Waals surface area contributed by atoms with Gasteiger partial charge in [-0.2, -0.15) is 0 Å². The summed E-state index contributed by atoms with van der Waals surface area (Å²) in [5, 5.41) is 2.91. The quantitative estimate of drug-likeness (QED) is 0.861. The molecule has 0 aliphatic heterocycles. The van der Waals surface area contributed by atoms with E-state index in [9.17, 15) is 4.79 Å². The predicted octanol–water partition coefficient (Wildman–Crippen LogP) is 3.67. The number of nitrogens with zero attached hydrogens (tertiary/aromatic N) is 2. The van der Waals surface area contributed by atoms with Crippen molar-refractivity contribution in [1.29, 1.82) is 0 Å². The van der Waals surface area contributed by atoms with Crippen molar-refractivity contribution in [2.75, 3.05) is 19.0 Å². The molecule has 0 saturated heterocycles. The second-order valence-corrected chi connectivity index (χ2v) is 5.48. The van der Waals surface area contributed by atoms with Crippen LogP contribution in [0.2, 0.25) is 0 Å². The van der Waals surface area contributed by atoms with Crippen LogP contribution in [-0.2, 0) is 0 Å². The van der Waals surface area contributed by atoms with Gasteiger partial charge in [0.2, 0.25) is 5.88 Å². The Hall–Kier alpha value is -1.78. The molecule has 0 unspecified atom stereocenters. The second-order valence-electron chi connectivity index (χ2n) is 5.48. The summed E-state index contributed by atoms with van der Waals surface area (Å²) in [5.41, 5.74) is 0.629. The maximum atomic E-state index is 12.4. The van der Waals surface area contributed by atoms with E-state index in [-0.39, 0.29) is 6.03 Å². The first-order valence-electron chi connectivity index (χ1n) is 7.84. The normalized spacial score (nSPS) is 16.1. The minimum Gasteiger partial charge on any atom is -0.476 e. The first-order chi connectivity index (χ1) is 10.2. The van der Waals surface area contributed by atoms with Crippen LogP contribution in [0.25, 0.3) is 0 Å². The van der Waals surface area contributed by atoms with Crippen molar-refractivity contribution >= 4 is 11.7 Å². The Kier molecular flexibility index (Phi) is 5.84. The van der Waals surface area contributed by atoms with Crippen LogP contribution < -0.4 is 10.1 Å². The van der Waals surface area contributed by atoms with E-state index < -0.39 is 0 Å². The summed E-state index contributed by atoms with van der Waals surface area (Å²) in [7, 11) is 1.88. The highest BCUT2D eigenvalue weighted by Gasteiger charge is 2.22. The number of carbonyl (C=O) groups is 1. The number of nitrogens with one attached hydrogen (secondary N) is 1. The summed E-state index contributed by atoms with van der Waals surface area (Å²) in [6.45, 7) is 2.43. The van der Waals surface area contributed by atoms with E-state index in [2.05, 4.69) is 10.3 Å². The van der Waals surface area contributed by atoms with Crippen LogP contribution in [0, 0.1) is 0 Å². The molecule has 1 aromatic heterocycles. The molecule has 5 heteroatoms. The fourth-order valence-electron chi connectivity index (χ4n) is 2.75. The highest BCUT2D eigenvalue weighted by atomic mass is 16.5. The highest BCUT2D eigenvalue weighted by Crippen LogP contribution is 2.24. The lowest BCUT2D eigenvalue weighted by Gasteiger charge is -2.27. The Balaban J connectivity index is 1.99. The van der Waals surface area contributed by atoms with Crippen molar-refractivity contribution in [2.24, 2.45) is 0 Å². The molecule has 116 valence electrons. The number of urea groups is 1. The van der Waals surface area contributed by atoms with E-state index in [0.717, 1.165) is 12.8 Å². The monoisotopic (exact) mass is 291 g/mol. The molecular weight excluding hydrogens is 266 g/mol. The van der Waals surface area contributed by atoms with Gasteiger partial charge in [0.25, 0.3) is 0 Å². The molecule has 2 amide bonds. The van der Waals surface area contributed by atoms with Crippen LogP contribution in [0.5, 0.6) is 5.88 Å². The van der Waals surface area contributed by atoms with Gasteiger partial charge in [-0.1, -0.05) is 25.7 Å². The fraction of sp³-hybridized carbons (Fsp3) is 0.625. The number of hydrogen-bond acceptors (Lipinski definition) is 3. The number of ether oxygens (including phenoxy) is 1. The van der Waals surface area contributed by atoms with Gasteiger partial charge in [0.15, 0.2) is 0 Å². The Morgan fingerprint density at radius 1 is 1.38 bits per heavy atom. The highest BCUT2D eigenvalue weighted by molar-refractivity contribution is 5.90. The van der Waals surface area contributed by atoms with E-state index in [1.807, 2.05) is 24.9 Å². The van der Waals surface area contributed by atoms with Gasteiger partial charge < -0.3 is 15.0 Å². The van der Waals surface area contributed by atoms with Crippen molar-refractivity contribution in [3.05, 3.63) is 18.3 Å². The van der Waals surface area contributed by atoms with Crippen molar-refractivity contribution in [3.8, 4) is 5.88 Å². The van der Waals surface area contributed by atoms with Gasteiger partial charge in [-0.25, -0.2) is 9.78 Å². The van der Waals surface area contributed by atoms with E-state index in [0.29, 0.717) is 24.2 Å². The zero-order chi connectivity index (χ0) is 15.1. The van der Waals surface area contributed by atoms with Crippen LogP contribution in [0.1, 0.15) is 45.4 Å². The van der Waals surface area contributed by atoms with Crippen LogP contribution in [0.15, 0.2) is 18.3 Å². The van der Waals surface area contributed by atoms with Gasteiger partial charge in [0.05, 0.1) is 6.61 Å². The SMILES string of the molecule is CCOc1ncccc1NC(=O)N(C)C1CCCCCC1. The molecule has 21 heavy (non-hydrogen) atoms. The molecule has 1 aliphatic rings. The molecule has 2 rings (SSSR count). The van der Waals surface area contributed by atoms with E-state index in [4.69, 9.17) is 4.74 Å². The third kappa shape index (κ3) is 4.34. The Morgan fingerprint density at radius 3 is 2.76 bits per heavy atom. The van der Waals surface area contributed by atoms with Gasteiger partial charge in [0.1, 0.15) is 5.69 Å². The molecule has 5 nitrogen and oxygen atoms in total.